The molecule has 0 radical (unpaired) electrons. The molecule has 0 saturated heterocycles. The summed E-state index contributed by atoms with van der Waals surface area (Å²) >= 11 is 0. The zero-order valence-electron chi connectivity index (χ0n) is 14.2. The van der Waals surface area contributed by atoms with E-state index in [0.717, 1.165) is 5.56 Å². The Hall–Kier alpha value is -2.17. The number of Topliss-reactive ketones (excluding diaryl/α,β-unsaturated/α-hetero) is 2. The first-order chi connectivity index (χ1) is 10.7. The number of hydrogen-bond donors (Lipinski definition) is 1. The lowest BCUT2D eigenvalue weighted by Gasteiger charge is -2.23. The summed E-state index contributed by atoms with van der Waals surface area (Å²) in [5.74, 6) is -0.219. The lowest BCUT2D eigenvalue weighted by atomic mass is 9.99. The highest BCUT2D eigenvalue weighted by Crippen LogP contribution is 2.10. The van der Waals surface area contributed by atoms with Gasteiger partial charge >= 0.3 is 6.09 Å². The Balaban J connectivity index is 2.77. The van der Waals surface area contributed by atoms with Gasteiger partial charge in [-0.3, -0.25) is 4.79 Å². The van der Waals surface area contributed by atoms with Crippen molar-refractivity contribution in [1.29, 1.82) is 0 Å². The van der Waals surface area contributed by atoms with Crippen molar-refractivity contribution in [2.24, 2.45) is 0 Å². The molecule has 126 valence electrons. The Bertz CT molecular complexity index is 546. The van der Waals surface area contributed by atoms with Crippen LogP contribution < -0.4 is 5.32 Å². The minimum atomic E-state index is -0.702. The average molecular weight is 319 g/mol. The Morgan fingerprint density at radius 2 is 1.70 bits per heavy atom. The van der Waals surface area contributed by atoms with Gasteiger partial charge in [0.05, 0.1) is 6.04 Å². The monoisotopic (exact) mass is 319 g/mol. The topological polar surface area (TPSA) is 72.5 Å². The van der Waals surface area contributed by atoms with Crippen LogP contribution in [0.25, 0.3) is 0 Å². The van der Waals surface area contributed by atoms with E-state index in [1.807, 2.05) is 30.3 Å². The summed E-state index contributed by atoms with van der Waals surface area (Å²) in [6.45, 7) is 6.73. The van der Waals surface area contributed by atoms with Gasteiger partial charge in [0.2, 0.25) is 0 Å². The zero-order chi connectivity index (χ0) is 17.5. The first-order valence-corrected chi connectivity index (χ1v) is 7.73. The molecule has 0 aliphatic carbocycles. The van der Waals surface area contributed by atoms with E-state index in [9.17, 15) is 14.4 Å². The van der Waals surface area contributed by atoms with E-state index in [0.29, 0.717) is 6.42 Å². The molecule has 1 amide bonds. The Kier molecular flexibility index (Phi) is 6.94. The van der Waals surface area contributed by atoms with Gasteiger partial charge in [-0.2, -0.15) is 0 Å². The largest absolute Gasteiger partial charge is 0.444 e. The quantitative estimate of drug-likeness (QED) is 0.838. The van der Waals surface area contributed by atoms with E-state index >= 15 is 0 Å². The second kappa shape index (κ2) is 8.46. The van der Waals surface area contributed by atoms with Crippen LogP contribution in [-0.4, -0.2) is 29.3 Å². The maximum atomic E-state index is 12.3. The maximum Gasteiger partial charge on any atom is 0.408 e. The van der Waals surface area contributed by atoms with Gasteiger partial charge in [-0.05, 0) is 39.7 Å². The van der Waals surface area contributed by atoms with Crippen LogP contribution in [-0.2, 0) is 20.7 Å². The fraction of sp³-hybridized carbons (Fsp3) is 0.500. The smallest absolute Gasteiger partial charge is 0.408 e. The third-order valence-electron chi connectivity index (χ3n) is 3.09. The molecule has 1 rings (SSSR count). The summed E-state index contributed by atoms with van der Waals surface area (Å²) in [5.41, 5.74) is 0.300. The second-order valence-corrected chi connectivity index (χ2v) is 6.56. The van der Waals surface area contributed by atoms with E-state index in [1.54, 1.807) is 20.8 Å². The third kappa shape index (κ3) is 8.14. The molecule has 1 aromatic carbocycles. The van der Waals surface area contributed by atoms with Crippen LogP contribution >= 0.6 is 0 Å². The summed E-state index contributed by atoms with van der Waals surface area (Å²) in [6.07, 6.45) is 0.0362. The molecule has 1 N–H and O–H groups in total. The molecule has 0 aromatic heterocycles. The van der Waals surface area contributed by atoms with Gasteiger partial charge in [0.25, 0.3) is 0 Å². The van der Waals surface area contributed by atoms with E-state index in [1.165, 1.54) is 6.92 Å². The van der Waals surface area contributed by atoms with Gasteiger partial charge in [0, 0.05) is 12.8 Å². The number of benzene rings is 1. The highest BCUT2D eigenvalue weighted by molar-refractivity contribution is 5.90. The molecule has 0 fully saturated rings. The molecular weight excluding hydrogens is 294 g/mol. The van der Waals surface area contributed by atoms with Crippen molar-refractivity contribution in [2.45, 2.75) is 58.6 Å². The van der Waals surface area contributed by atoms with Gasteiger partial charge < -0.3 is 14.8 Å². The van der Waals surface area contributed by atoms with E-state index in [4.69, 9.17) is 4.74 Å². The summed E-state index contributed by atoms with van der Waals surface area (Å²) in [5, 5.41) is 2.62. The van der Waals surface area contributed by atoms with Crippen LogP contribution in [0.1, 0.15) is 46.1 Å². The highest BCUT2D eigenvalue weighted by Gasteiger charge is 2.24. The molecule has 0 saturated carbocycles. The average Bonchev–Trinajstić information content (AvgIpc) is 2.43. The lowest BCUT2D eigenvalue weighted by molar-refractivity contribution is -0.124. The molecule has 0 aliphatic heterocycles. The molecule has 1 aromatic rings. The van der Waals surface area contributed by atoms with Crippen LogP contribution in [0.5, 0.6) is 0 Å². The normalized spacial score (nSPS) is 12.3. The summed E-state index contributed by atoms with van der Waals surface area (Å²) < 4.78 is 5.21. The summed E-state index contributed by atoms with van der Waals surface area (Å²) in [6, 6.07) is 8.72. The number of ketones is 2. The van der Waals surface area contributed by atoms with Gasteiger partial charge in [-0.15, -0.1) is 0 Å². The molecule has 0 spiro atoms. The van der Waals surface area contributed by atoms with Crippen molar-refractivity contribution < 1.29 is 19.1 Å². The fourth-order valence-corrected chi connectivity index (χ4v) is 2.02. The molecule has 5 heteroatoms. The molecule has 5 nitrogen and oxygen atoms in total. The van der Waals surface area contributed by atoms with Gasteiger partial charge in [0.15, 0.2) is 5.78 Å². The summed E-state index contributed by atoms with van der Waals surface area (Å²) in [4.78, 5) is 35.4. The van der Waals surface area contributed by atoms with Gasteiger partial charge in [-0.1, -0.05) is 30.3 Å². The van der Waals surface area contributed by atoms with E-state index in [-0.39, 0.29) is 24.4 Å². The maximum absolute atomic E-state index is 12.3. The predicted molar refractivity (Wildman–Crippen MR) is 88.2 cm³/mol. The molecule has 0 aliphatic rings. The van der Waals surface area contributed by atoms with Crippen LogP contribution in [0, 0.1) is 0 Å². The van der Waals surface area contributed by atoms with Crippen LogP contribution in [0.15, 0.2) is 30.3 Å². The standard InChI is InChI=1S/C18H25NO4/c1-13(20)10-11-16(21)15(12-14-8-6-5-7-9-14)19-17(22)23-18(2,3)4/h5-9,15H,10-12H2,1-4H3,(H,19,22)/t15-/m0/s1. The van der Waals surface area contributed by atoms with Crippen LogP contribution in [0.2, 0.25) is 0 Å². The van der Waals surface area contributed by atoms with Crippen molar-refractivity contribution in [3.05, 3.63) is 35.9 Å². The first kappa shape index (κ1) is 18.9. The number of carbonyl (C=O) groups excluding carboxylic acids is 3. The number of alkyl carbamates (subject to hydrolysis) is 1. The zero-order valence-corrected chi connectivity index (χ0v) is 14.2. The van der Waals surface area contributed by atoms with Crippen LogP contribution in [0.3, 0.4) is 0 Å². The van der Waals surface area contributed by atoms with Crippen molar-refractivity contribution in [1.82, 2.24) is 5.32 Å². The molecule has 1 atom stereocenters. The highest BCUT2D eigenvalue weighted by atomic mass is 16.6. The van der Waals surface area contributed by atoms with E-state index in [2.05, 4.69) is 5.32 Å². The van der Waals surface area contributed by atoms with Crippen LogP contribution in [0.4, 0.5) is 4.79 Å². The number of rotatable bonds is 7. The molecule has 0 unspecified atom stereocenters. The number of amides is 1. The van der Waals surface area contributed by atoms with Crippen molar-refractivity contribution >= 4 is 17.7 Å². The minimum absolute atomic E-state index is 0.0471. The number of carbonyl (C=O) groups is 3. The Labute approximate surface area is 137 Å². The van der Waals surface area contributed by atoms with Crippen molar-refractivity contribution in [3.8, 4) is 0 Å². The van der Waals surface area contributed by atoms with Gasteiger partial charge in [0.1, 0.15) is 11.4 Å². The van der Waals surface area contributed by atoms with E-state index < -0.39 is 17.7 Å². The summed E-state index contributed by atoms with van der Waals surface area (Å²) in [7, 11) is 0. The van der Waals surface area contributed by atoms with Gasteiger partial charge in [-0.25, -0.2) is 4.79 Å². The SMILES string of the molecule is CC(=O)CCC(=O)[C@H](Cc1ccccc1)NC(=O)OC(C)(C)C. The fourth-order valence-electron chi connectivity index (χ4n) is 2.02. The number of ether oxygens (including phenoxy) is 1. The number of hydrogen-bond acceptors (Lipinski definition) is 4. The molecule has 0 heterocycles. The molecule has 23 heavy (non-hydrogen) atoms. The Morgan fingerprint density at radius 1 is 1.09 bits per heavy atom. The minimum Gasteiger partial charge on any atom is -0.444 e. The first-order valence-electron chi connectivity index (χ1n) is 7.73. The predicted octanol–water partition coefficient (Wildman–Crippen LogP) is 3.06. The Morgan fingerprint density at radius 3 is 2.22 bits per heavy atom. The molecule has 0 bridgehead atoms. The third-order valence-corrected chi connectivity index (χ3v) is 3.09. The van der Waals surface area contributed by atoms with Crippen molar-refractivity contribution in [3.63, 3.8) is 0 Å². The lowest BCUT2D eigenvalue weighted by Crippen LogP contribution is -2.44. The van der Waals surface area contributed by atoms with Crippen molar-refractivity contribution in [2.75, 3.05) is 0 Å². The number of nitrogens with one attached hydrogen (secondary N) is 1. The second-order valence-electron chi connectivity index (χ2n) is 6.56. The molecular formula is C18H25NO4.